The zero-order valence-electron chi connectivity index (χ0n) is 30.7. The molecule has 2 aliphatic rings. The summed E-state index contributed by atoms with van der Waals surface area (Å²) in [5.41, 5.74) is 14.8. The first kappa shape index (κ1) is 32.6. The van der Waals surface area contributed by atoms with Gasteiger partial charge in [-0.25, -0.2) is 9.97 Å². The Morgan fingerprint density at radius 2 is 0.947 bits per heavy atom. The molecule has 0 saturated heterocycles. The van der Waals surface area contributed by atoms with E-state index in [2.05, 4.69) is 170 Å². The van der Waals surface area contributed by atoms with Crippen molar-refractivity contribution in [2.24, 2.45) is 0 Å². The molecule has 3 heterocycles. The Bertz CT molecular complexity index is 3120. The third-order valence-corrected chi connectivity index (χ3v) is 14.0. The Balaban J connectivity index is 1.07. The summed E-state index contributed by atoms with van der Waals surface area (Å²) >= 11 is 3.78. The van der Waals surface area contributed by atoms with Gasteiger partial charge < -0.3 is 0 Å². The van der Waals surface area contributed by atoms with Crippen LogP contribution in [0.15, 0.2) is 204 Å². The van der Waals surface area contributed by atoms with Crippen LogP contribution in [0.3, 0.4) is 0 Å². The smallest absolute Gasteiger partial charge is 0.160 e. The molecule has 0 radical (unpaired) electrons. The molecule has 10 aromatic rings. The van der Waals surface area contributed by atoms with Crippen LogP contribution >= 0.6 is 23.1 Å². The van der Waals surface area contributed by atoms with Crippen LogP contribution in [-0.2, 0) is 5.41 Å². The van der Waals surface area contributed by atoms with Crippen molar-refractivity contribution in [3.8, 4) is 56.2 Å². The lowest BCUT2D eigenvalue weighted by atomic mass is 9.67. The minimum Gasteiger partial charge on any atom is -0.228 e. The fourth-order valence-electron chi connectivity index (χ4n) is 9.22. The van der Waals surface area contributed by atoms with Gasteiger partial charge in [0.25, 0.3) is 0 Å². The standard InChI is InChI=1S/C53H32N2S2/c1-3-14-33(15-4-1)46-32-47(55-52(54-46)34-16-5-2-6-17-34)37-19-13-18-35(28-37)36-26-27-42-39(29-36)40-31-51-41(38-20-7-10-23-48(38)56-51)30-45(40)53(42)43-21-8-11-24-49(43)57-50-25-12-9-22-44(50)53/h1-32H. The molecule has 0 atom stereocenters. The molecule has 0 N–H and O–H groups in total. The first-order valence-corrected chi connectivity index (χ1v) is 20.9. The zero-order chi connectivity index (χ0) is 37.5. The highest BCUT2D eigenvalue weighted by Crippen LogP contribution is 2.63. The molecule has 0 saturated carbocycles. The van der Waals surface area contributed by atoms with E-state index < -0.39 is 5.41 Å². The number of rotatable bonds is 4. The Kier molecular flexibility index (Phi) is 7.28. The number of aromatic nitrogens is 2. The van der Waals surface area contributed by atoms with Crippen molar-refractivity contribution in [2.45, 2.75) is 15.2 Å². The largest absolute Gasteiger partial charge is 0.228 e. The van der Waals surface area contributed by atoms with Crippen LogP contribution < -0.4 is 0 Å². The molecule has 57 heavy (non-hydrogen) atoms. The second kappa shape index (κ2) is 12.7. The van der Waals surface area contributed by atoms with Gasteiger partial charge in [0.15, 0.2) is 5.82 Å². The first-order chi connectivity index (χ1) is 28.2. The maximum Gasteiger partial charge on any atom is 0.160 e. The van der Waals surface area contributed by atoms with Gasteiger partial charge in [0.1, 0.15) is 0 Å². The van der Waals surface area contributed by atoms with Crippen molar-refractivity contribution >= 4 is 43.3 Å². The molecule has 266 valence electrons. The van der Waals surface area contributed by atoms with Gasteiger partial charge in [0.2, 0.25) is 0 Å². The minimum atomic E-state index is -0.441. The van der Waals surface area contributed by atoms with Crippen LogP contribution in [0.25, 0.3) is 76.3 Å². The van der Waals surface area contributed by atoms with E-state index in [1.165, 1.54) is 68.9 Å². The Morgan fingerprint density at radius 1 is 0.351 bits per heavy atom. The van der Waals surface area contributed by atoms with E-state index >= 15 is 0 Å². The number of fused-ring (bicyclic) bond motifs is 12. The van der Waals surface area contributed by atoms with Crippen molar-refractivity contribution in [3.63, 3.8) is 0 Å². The molecule has 0 unspecified atom stereocenters. The topological polar surface area (TPSA) is 25.8 Å². The molecule has 8 aromatic carbocycles. The summed E-state index contributed by atoms with van der Waals surface area (Å²) in [7, 11) is 0. The van der Waals surface area contributed by atoms with Crippen LogP contribution in [0, 0.1) is 0 Å². The third kappa shape index (κ3) is 4.98. The normalized spacial score (nSPS) is 13.3. The van der Waals surface area contributed by atoms with Gasteiger partial charge in [-0.2, -0.15) is 0 Å². The molecular weight excluding hydrogens is 729 g/mol. The van der Waals surface area contributed by atoms with E-state index in [1.807, 2.05) is 47.4 Å². The maximum atomic E-state index is 5.16. The zero-order valence-corrected chi connectivity index (χ0v) is 32.3. The summed E-state index contributed by atoms with van der Waals surface area (Å²) in [6.45, 7) is 0. The molecule has 4 heteroatoms. The summed E-state index contributed by atoms with van der Waals surface area (Å²) in [6.07, 6.45) is 0. The molecular formula is C53H32N2S2. The van der Waals surface area contributed by atoms with Crippen molar-refractivity contribution in [3.05, 3.63) is 216 Å². The van der Waals surface area contributed by atoms with Gasteiger partial charge in [0, 0.05) is 46.7 Å². The molecule has 2 nitrogen and oxygen atoms in total. The fourth-order valence-corrected chi connectivity index (χ4v) is 11.5. The SMILES string of the molecule is c1ccc(-c2cc(-c3cccc(-c4ccc5c(c4)-c4cc6sc7ccccc7c6cc4C54c5ccccc5Sc5ccccc54)c3)nc(-c3ccccc3)n2)cc1. The molecule has 2 aromatic heterocycles. The second-order valence-electron chi connectivity index (χ2n) is 14.9. The van der Waals surface area contributed by atoms with Crippen LogP contribution in [0.1, 0.15) is 22.3 Å². The second-order valence-corrected chi connectivity index (χ2v) is 17.0. The molecule has 1 aliphatic heterocycles. The highest BCUT2D eigenvalue weighted by Gasteiger charge is 2.50. The lowest BCUT2D eigenvalue weighted by Gasteiger charge is -2.39. The molecule has 12 rings (SSSR count). The Labute approximate surface area is 339 Å². The lowest BCUT2D eigenvalue weighted by molar-refractivity contribution is 0.723. The average Bonchev–Trinajstić information content (AvgIpc) is 3.79. The predicted octanol–water partition coefficient (Wildman–Crippen LogP) is 14.3. The number of thiophene rings is 1. The van der Waals surface area contributed by atoms with Crippen LogP contribution in [0.2, 0.25) is 0 Å². The van der Waals surface area contributed by atoms with Crippen molar-refractivity contribution < 1.29 is 0 Å². The first-order valence-electron chi connectivity index (χ1n) is 19.3. The van der Waals surface area contributed by atoms with Crippen molar-refractivity contribution in [1.82, 2.24) is 9.97 Å². The van der Waals surface area contributed by atoms with E-state index in [0.29, 0.717) is 0 Å². The van der Waals surface area contributed by atoms with Crippen molar-refractivity contribution in [1.29, 1.82) is 0 Å². The number of benzene rings is 8. The third-order valence-electron chi connectivity index (χ3n) is 11.8. The van der Waals surface area contributed by atoms with E-state index in [4.69, 9.17) is 9.97 Å². The summed E-state index contributed by atoms with van der Waals surface area (Å²) in [5, 5.41) is 2.66. The van der Waals surface area contributed by atoms with Crippen LogP contribution in [0.4, 0.5) is 0 Å². The number of nitrogens with zero attached hydrogens (tertiary/aromatic N) is 2. The summed E-state index contributed by atoms with van der Waals surface area (Å²) in [4.78, 5) is 12.8. The Hall–Kier alpha value is -6.59. The summed E-state index contributed by atoms with van der Waals surface area (Å²) in [6, 6.07) is 70.8. The van der Waals surface area contributed by atoms with Gasteiger partial charge in [-0.15, -0.1) is 11.3 Å². The quantitative estimate of drug-likeness (QED) is 0.179. The minimum absolute atomic E-state index is 0.441. The monoisotopic (exact) mass is 760 g/mol. The summed E-state index contributed by atoms with van der Waals surface area (Å²) < 4.78 is 2.65. The van der Waals surface area contributed by atoms with E-state index in [-0.39, 0.29) is 0 Å². The molecule has 0 fully saturated rings. The molecule has 0 bridgehead atoms. The number of hydrogen-bond donors (Lipinski definition) is 0. The van der Waals surface area contributed by atoms with Crippen LogP contribution in [-0.4, -0.2) is 9.97 Å². The number of hydrogen-bond acceptors (Lipinski definition) is 4. The molecule has 1 aliphatic carbocycles. The average molecular weight is 761 g/mol. The van der Waals surface area contributed by atoms with Gasteiger partial charge in [-0.3, -0.25) is 0 Å². The highest BCUT2D eigenvalue weighted by atomic mass is 32.2. The van der Waals surface area contributed by atoms with E-state index in [0.717, 1.165) is 39.5 Å². The predicted molar refractivity (Wildman–Crippen MR) is 238 cm³/mol. The van der Waals surface area contributed by atoms with Gasteiger partial charge in [-0.1, -0.05) is 157 Å². The van der Waals surface area contributed by atoms with Gasteiger partial charge in [0.05, 0.1) is 16.8 Å². The lowest BCUT2D eigenvalue weighted by Crippen LogP contribution is -2.31. The van der Waals surface area contributed by atoms with Gasteiger partial charge >= 0.3 is 0 Å². The Morgan fingerprint density at radius 3 is 1.72 bits per heavy atom. The van der Waals surface area contributed by atoms with Crippen LogP contribution in [0.5, 0.6) is 0 Å². The molecule has 1 spiro atoms. The van der Waals surface area contributed by atoms with E-state index in [1.54, 1.807) is 0 Å². The van der Waals surface area contributed by atoms with E-state index in [9.17, 15) is 0 Å². The fraction of sp³-hybridized carbons (Fsp3) is 0.0189. The summed E-state index contributed by atoms with van der Waals surface area (Å²) in [5.74, 6) is 0.718. The highest BCUT2D eigenvalue weighted by molar-refractivity contribution is 7.99. The van der Waals surface area contributed by atoms with Gasteiger partial charge in [-0.05, 0) is 93.0 Å². The van der Waals surface area contributed by atoms with Crippen molar-refractivity contribution in [2.75, 3.05) is 0 Å². The maximum absolute atomic E-state index is 5.16. The molecule has 0 amide bonds.